The first kappa shape index (κ1) is 11.5. The average Bonchev–Trinajstić information content (AvgIpc) is 2.00. The summed E-state index contributed by atoms with van der Waals surface area (Å²) in [5.74, 6) is -1.22. The van der Waals surface area contributed by atoms with Crippen molar-refractivity contribution in [1.29, 1.82) is 0 Å². The first-order valence-corrected chi connectivity index (χ1v) is 4.97. The fourth-order valence-electron chi connectivity index (χ4n) is 2.44. The summed E-state index contributed by atoms with van der Waals surface area (Å²) in [4.78, 5) is 10.7. The first-order valence-electron chi connectivity index (χ1n) is 4.97. The van der Waals surface area contributed by atoms with Crippen molar-refractivity contribution >= 4 is 5.97 Å². The SMILES string of the molecule is CC1(C)CCCC(N)(C(O)C(=O)O)C1. The largest absolute Gasteiger partial charge is 0.479 e. The van der Waals surface area contributed by atoms with Gasteiger partial charge in [-0.3, -0.25) is 0 Å². The molecule has 14 heavy (non-hydrogen) atoms. The molecule has 0 saturated heterocycles. The minimum Gasteiger partial charge on any atom is -0.479 e. The molecule has 82 valence electrons. The molecule has 0 aliphatic heterocycles. The van der Waals surface area contributed by atoms with Gasteiger partial charge in [0, 0.05) is 0 Å². The number of hydrogen-bond acceptors (Lipinski definition) is 3. The second kappa shape index (κ2) is 3.51. The Morgan fingerprint density at radius 2 is 2.00 bits per heavy atom. The van der Waals surface area contributed by atoms with Gasteiger partial charge in [0.05, 0.1) is 5.54 Å². The fraction of sp³-hybridized carbons (Fsp3) is 0.900. The van der Waals surface area contributed by atoms with E-state index in [2.05, 4.69) is 13.8 Å². The Hall–Kier alpha value is -0.610. The molecule has 4 nitrogen and oxygen atoms in total. The van der Waals surface area contributed by atoms with Gasteiger partial charge in [-0.2, -0.15) is 0 Å². The number of carbonyl (C=O) groups is 1. The number of carboxylic acid groups (broad SMARTS) is 1. The molecule has 1 fully saturated rings. The normalized spacial score (nSPS) is 33.7. The molecule has 1 aliphatic carbocycles. The van der Waals surface area contributed by atoms with Crippen molar-refractivity contribution < 1.29 is 15.0 Å². The molecule has 0 aromatic carbocycles. The maximum absolute atomic E-state index is 10.7. The smallest absolute Gasteiger partial charge is 0.334 e. The van der Waals surface area contributed by atoms with Crippen LogP contribution in [0.1, 0.15) is 39.5 Å². The van der Waals surface area contributed by atoms with Gasteiger partial charge in [-0.25, -0.2) is 4.79 Å². The van der Waals surface area contributed by atoms with Gasteiger partial charge in [0.1, 0.15) is 0 Å². The van der Waals surface area contributed by atoms with E-state index < -0.39 is 17.6 Å². The predicted molar refractivity (Wildman–Crippen MR) is 52.8 cm³/mol. The van der Waals surface area contributed by atoms with Crippen LogP contribution in [0, 0.1) is 5.41 Å². The third kappa shape index (κ3) is 2.25. The molecule has 4 heteroatoms. The van der Waals surface area contributed by atoms with E-state index in [9.17, 15) is 9.90 Å². The summed E-state index contributed by atoms with van der Waals surface area (Å²) in [6.45, 7) is 4.12. The molecular formula is C10H19NO3. The topological polar surface area (TPSA) is 83.5 Å². The van der Waals surface area contributed by atoms with Gasteiger partial charge >= 0.3 is 5.97 Å². The van der Waals surface area contributed by atoms with Gasteiger partial charge in [-0.15, -0.1) is 0 Å². The molecule has 1 saturated carbocycles. The van der Waals surface area contributed by atoms with E-state index >= 15 is 0 Å². The number of aliphatic hydroxyl groups excluding tert-OH is 1. The van der Waals surface area contributed by atoms with Crippen LogP contribution < -0.4 is 5.73 Å². The Bertz CT molecular complexity index is 240. The molecule has 0 spiro atoms. The molecule has 0 amide bonds. The highest BCUT2D eigenvalue weighted by molar-refractivity contribution is 5.74. The standard InChI is InChI=1S/C10H19NO3/c1-9(2)4-3-5-10(11,6-9)7(12)8(13)14/h7,12H,3-6,11H2,1-2H3,(H,13,14). The summed E-state index contributed by atoms with van der Waals surface area (Å²) in [6, 6.07) is 0. The maximum atomic E-state index is 10.7. The maximum Gasteiger partial charge on any atom is 0.334 e. The van der Waals surface area contributed by atoms with Crippen LogP contribution in [0.5, 0.6) is 0 Å². The summed E-state index contributed by atoms with van der Waals surface area (Å²) < 4.78 is 0. The van der Waals surface area contributed by atoms with Crippen molar-refractivity contribution in [3.63, 3.8) is 0 Å². The molecule has 2 unspecified atom stereocenters. The van der Waals surface area contributed by atoms with Crippen molar-refractivity contribution in [1.82, 2.24) is 0 Å². The lowest BCUT2D eigenvalue weighted by Gasteiger charge is -2.43. The molecule has 2 atom stereocenters. The van der Waals surface area contributed by atoms with Gasteiger partial charge < -0.3 is 15.9 Å². The van der Waals surface area contributed by atoms with Gasteiger partial charge in [0.25, 0.3) is 0 Å². The van der Waals surface area contributed by atoms with Crippen LogP contribution >= 0.6 is 0 Å². The second-order valence-electron chi connectivity index (χ2n) is 5.17. The second-order valence-corrected chi connectivity index (χ2v) is 5.17. The first-order chi connectivity index (χ1) is 6.27. The van der Waals surface area contributed by atoms with Crippen molar-refractivity contribution in [2.24, 2.45) is 11.1 Å². The highest BCUT2D eigenvalue weighted by atomic mass is 16.4. The molecule has 0 radical (unpaired) electrons. The third-order valence-corrected chi connectivity index (χ3v) is 3.08. The Balaban J connectivity index is 2.78. The van der Waals surface area contributed by atoms with Crippen LogP contribution in [0.2, 0.25) is 0 Å². The summed E-state index contributed by atoms with van der Waals surface area (Å²) in [5, 5.41) is 18.3. The predicted octanol–water partition coefficient (Wildman–Crippen LogP) is 0.730. The average molecular weight is 201 g/mol. The lowest BCUT2D eigenvalue weighted by molar-refractivity contribution is -0.152. The van der Waals surface area contributed by atoms with Crippen LogP contribution in [0.3, 0.4) is 0 Å². The number of rotatable bonds is 2. The number of aliphatic hydroxyl groups is 1. The van der Waals surface area contributed by atoms with E-state index in [0.717, 1.165) is 12.8 Å². The van der Waals surface area contributed by atoms with Gasteiger partial charge in [0.2, 0.25) is 0 Å². The zero-order chi connectivity index (χ0) is 11.0. The number of nitrogens with two attached hydrogens (primary N) is 1. The quantitative estimate of drug-likeness (QED) is 0.615. The van der Waals surface area contributed by atoms with Gasteiger partial charge in [-0.05, 0) is 24.7 Å². The Morgan fingerprint density at radius 3 is 2.43 bits per heavy atom. The monoisotopic (exact) mass is 201 g/mol. The van der Waals surface area contributed by atoms with E-state index in [-0.39, 0.29) is 5.41 Å². The highest BCUT2D eigenvalue weighted by Gasteiger charge is 2.44. The van der Waals surface area contributed by atoms with Crippen LogP contribution in [0.25, 0.3) is 0 Å². The summed E-state index contributed by atoms with van der Waals surface area (Å²) in [7, 11) is 0. The van der Waals surface area contributed by atoms with Crippen molar-refractivity contribution in [3.8, 4) is 0 Å². The Kier molecular flexibility index (Phi) is 2.88. The van der Waals surface area contributed by atoms with Gasteiger partial charge in [-0.1, -0.05) is 20.3 Å². The molecule has 0 heterocycles. The Morgan fingerprint density at radius 1 is 1.43 bits per heavy atom. The molecule has 0 bridgehead atoms. The third-order valence-electron chi connectivity index (χ3n) is 3.08. The molecule has 4 N–H and O–H groups in total. The van der Waals surface area contributed by atoms with E-state index in [0.29, 0.717) is 12.8 Å². The zero-order valence-electron chi connectivity index (χ0n) is 8.79. The van der Waals surface area contributed by atoms with Gasteiger partial charge in [0.15, 0.2) is 6.10 Å². The van der Waals surface area contributed by atoms with E-state index in [1.807, 2.05) is 0 Å². The molecular weight excluding hydrogens is 182 g/mol. The lowest BCUT2D eigenvalue weighted by atomic mass is 9.66. The molecule has 0 aromatic heterocycles. The number of hydrogen-bond donors (Lipinski definition) is 3. The molecule has 1 rings (SSSR count). The Labute approximate surface area is 84.1 Å². The number of carboxylic acids is 1. The van der Waals surface area contributed by atoms with Crippen molar-refractivity contribution in [3.05, 3.63) is 0 Å². The highest BCUT2D eigenvalue weighted by Crippen LogP contribution is 2.41. The van der Waals surface area contributed by atoms with E-state index in [1.54, 1.807) is 0 Å². The lowest BCUT2D eigenvalue weighted by Crippen LogP contribution is -2.58. The van der Waals surface area contributed by atoms with Crippen molar-refractivity contribution in [2.45, 2.75) is 51.2 Å². The zero-order valence-corrected chi connectivity index (χ0v) is 8.79. The van der Waals surface area contributed by atoms with E-state index in [1.165, 1.54) is 0 Å². The van der Waals surface area contributed by atoms with Crippen LogP contribution in [-0.2, 0) is 4.79 Å². The van der Waals surface area contributed by atoms with Crippen LogP contribution in [0.4, 0.5) is 0 Å². The van der Waals surface area contributed by atoms with Crippen LogP contribution in [0.15, 0.2) is 0 Å². The molecule has 0 aromatic rings. The number of aliphatic carboxylic acids is 1. The summed E-state index contributed by atoms with van der Waals surface area (Å²) >= 11 is 0. The minimum atomic E-state index is -1.44. The summed E-state index contributed by atoms with van der Waals surface area (Å²) in [5.41, 5.74) is 5.03. The van der Waals surface area contributed by atoms with Crippen molar-refractivity contribution in [2.75, 3.05) is 0 Å². The van der Waals surface area contributed by atoms with E-state index in [4.69, 9.17) is 10.8 Å². The fourth-order valence-corrected chi connectivity index (χ4v) is 2.44. The minimum absolute atomic E-state index is 0.0312. The van der Waals surface area contributed by atoms with Crippen LogP contribution in [-0.4, -0.2) is 27.8 Å². The summed E-state index contributed by atoms with van der Waals surface area (Å²) in [6.07, 6.45) is 1.63. The molecule has 1 aliphatic rings.